The lowest BCUT2D eigenvalue weighted by atomic mass is 10.3. The van der Waals surface area contributed by atoms with Crippen molar-refractivity contribution in [2.24, 2.45) is 0 Å². The Kier molecular flexibility index (Phi) is 7.49. The molecule has 0 bridgehead atoms. The minimum Gasteiger partial charge on any atom is -0.497 e. The van der Waals surface area contributed by atoms with Gasteiger partial charge in [0.15, 0.2) is 0 Å². The van der Waals surface area contributed by atoms with Crippen LogP contribution in [0.4, 0.5) is 5.69 Å². The summed E-state index contributed by atoms with van der Waals surface area (Å²) in [6, 6.07) is 7.13. The van der Waals surface area contributed by atoms with Crippen molar-refractivity contribution < 1.29 is 19.1 Å². The number of methoxy groups -OCH3 is 1. The summed E-state index contributed by atoms with van der Waals surface area (Å²) in [5, 5.41) is 2.92. The second kappa shape index (κ2) is 9.41. The number of carbonyl (C=O) groups is 2. The number of hydrazine groups is 1. The van der Waals surface area contributed by atoms with Gasteiger partial charge in [-0.05, 0) is 31.2 Å². The van der Waals surface area contributed by atoms with E-state index >= 15 is 0 Å². The number of hydrogen-bond donors (Lipinski definition) is 3. The van der Waals surface area contributed by atoms with Gasteiger partial charge in [0.1, 0.15) is 11.9 Å². The topological polar surface area (TPSA) is 88.7 Å². The third-order valence-electron chi connectivity index (χ3n) is 2.70. The van der Waals surface area contributed by atoms with Crippen molar-refractivity contribution in [3.05, 3.63) is 36.9 Å². The fourth-order valence-corrected chi connectivity index (χ4v) is 1.46. The van der Waals surface area contributed by atoms with Gasteiger partial charge in [0.05, 0.1) is 20.3 Å². The van der Waals surface area contributed by atoms with E-state index in [1.54, 1.807) is 44.4 Å². The zero-order valence-electron chi connectivity index (χ0n) is 12.7. The predicted molar refractivity (Wildman–Crippen MR) is 83.4 cm³/mol. The van der Waals surface area contributed by atoms with Crippen LogP contribution in [0.15, 0.2) is 36.9 Å². The molecule has 0 saturated carbocycles. The fraction of sp³-hybridized carbons (Fsp3) is 0.333. The molecule has 0 saturated heterocycles. The lowest BCUT2D eigenvalue weighted by molar-refractivity contribution is -0.135. The highest BCUT2D eigenvalue weighted by molar-refractivity contribution is 5.86. The summed E-state index contributed by atoms with van der Waals surface area (Å²) < 4.78 is 10.2. The van der Waals surface area contributed by atoms with E-state index < -0.39 is 12.0 Å². The van der Waals surface area contributed by atoms with Crippen LogP contribution >= 0.6 is 0 Å². The average Bonchev–Trinajstić information content (AvgIpc) is 2.55. The summed E-state index contributed by atoms with van der Waals surface area (Å²) in [6.07, 6.45) is 0.870. The maximum atomic E-state index is 11.6. The van der Waals surface area contributed by atoms with Crippen molar-refractivity contribution in [1.82, 2.24) is 10.9 Å². The minimum absolute atomic E-state index is 0.0223. The van der Waals surface area contributed by atoms with Crippen molar-refractivity contribution in [3.8, 4) is 5.75 Å². The van der Waals surface area contributed by atoms with E-state index in [0.29, 0.717) is 0 Å². The first-order valence-electron chi connectivity index (χ1n) is 6.76. The number of amides is 2. The molecule has 7 heteroatoms. The molecule has 1 aromatic carbocycles. The summed E-state index contributed by atoms with van der Waals surface area (Å²) in [4.78, 5) is 23.2. The maximum Gasteiger partial charge on any atom is 0.267 e. The van der Waals surface area contributed by atoms with Crippen LogP contribution in [0, 0.1) is 0 Å². The largest absolute Gasteiger partial charge is 0.497 e. The van der Waals surface area contributed by atoms with Crippen molar-refractivity contribution in [2.45, 2.75) is 13.0 Å². The number of hydrogen-bond acceptors (Lipinski definition) is 5. The van der Waals surface area contributed by atoms with E-state index in [1.165, 1.54) is 0 Å². The molecular formula is C15H21N3O4. The van der Waals surface area contributed by atoms with Gasteiger partial charge in [-0.1, -0.05) is 6.08 Å². The SMILES string of the molecule is C=CCOC(C)C(=O)NNC(=O)CNc1ccc(OC)cc1. The average molecular weight is 307 g/mol. The minimum atomic E-state index is -0.673. The molecule has 2 amide bonds. The first-order valence-corrected chi connectivity index (χ1v) is 6.76. The number of anilines is 1. The molecule has 0 aromatic heterocycles. The van der Waals surface area contributed by atoms with E-state index in [4.69, 9.17) is 9.47 Å². The lowest BCUT2D eigenvalue weighted by Crippen LogP contribution is -2.48. The molecule has 0 heterocycles. The zero-order valence-corrected chi connectivity index (χ0v) is 12.7. The van der Waals surface area contributed by atoms with Crippen LogP contribution in [0.3, 0.4) is 0 Å². The molecule has 1 unspecified atom stereocenters. The van der Waals surface area contributed by atoms with E-state index in [1.807, 2.05) is 0 Å². The van der Waals surface area contributed by atoms with Crippen LogP contribution in [0.1, 0.15) is 6.92 Å². The van der Waals surface area contributed by atoms with Crippen LogP contribution < -0.4 is 20.9 Å². The van der Waals surface area contributed by atoms with Gasteiger partial charge in [-0.2, -0.15) is 0 Å². The quantitative estimate of drug-likeness (QED) is 0.489. The van der Waals surface area contributed by atoms with Gasteiger partial charge in [-0.25, -0.2) is 0 Å². The Balaban J connectivity index is 2.27. The highest BCUT2D eigenvalue weighted by atomic mass is 16.5. The summed E-state index contributed by atoms with van der Waals surface area (Å²) in [5.41, 5.74) is 5.36. The highest BCUT2D eigenvalue weighted by Gasteiger charge is 2.13. The summed E-state index contributed by atoms with van der Waals surface area (Å²) in [6.45, 7) is 5.36. The summed E-state index contributed by atoms with van der Waals surface area (Å²) in [5.74, 6) is -0.0736. The van der Waals surface area contributed by atoms with Crippen LogP contribution in [0.2, 0.25) is 0 Å². The molecule has 120 valence electrons. The summed E-state index contributed by atoms with van der Waals surface area (Å²) in [7, 11) is 1.58. The zero-order chi connectivity index (χ0) is 16.4. The molecule has 1 rings (SSSR count). The molecule has 22 heavy (non-hydrogen) atoms. The number of nitrogens with one attached hydrogen (secondary N) is 3. The Labute approximate surface area is 129 Å². The van der Waals surface area contributed by atoms with Gasteiger partial charge in [-0.15, -0.1) is 6.58 Å². The Bertz CT molecular complexity index is 502. The van der Waals surface area contributed by atoms with Crippen LogP contribution in [0.25, 0.3) is 0 Å². The van der Waals surface area contributed by atoms with Gasteiger partial charge in [0.25, 0.3) is 11.8 Å². The monoisotopic (exact) mass is 307 g/mol. The van der Waals surface area contributed by atoms with E-state index in [0.717, 1.165) is 11.4 Å². The van der Waals surface area contributed by atoms with E-state index in [2.05, 4.69) is 22.7 Å². The maximum absolute atomic E-state index is 11.6. The standard InChI is InChI=1S/C15H21N3O4/c1-4-9-22-11(2)15(20)18-17-14(19)10-16-12-5-7-13(21-3)8-6-12/h4-8,11,16H,1,9-10H2,2-3H3,(H,17,19)(H,18,20). The van der Waals surface area contributed by atoms with Crippen molar-refractivity contribution in [1.29, 1.82) is 0 Å². The lowest BCUT2D eigenvalue weighted by Gasteiger charge is -2.13. The second-order valence-electron chi connectivity index (χ2n) is 4.38. The molecular weight excluding hydrogens is 286 g/mol. The number of rotatable bonds is 8. The van der Waals surface area contributed by atoms with Gasteiger partial charge >= 0.3 is 0 Å². The highest BCUT2D eigenvalue weighted by Crippen LogP contribution is 2.14. The fourth-order valence-electron chi connectivity index (χ4n) is 1.46. The van der Waals surface area contributed by atoms with E-state index in [9.17, 15) is 9.59 Å². The molecule has 0 aliphatic heterocycles. The smallest absolute Gasteiger partial charge is 0.267 e. The van der Waals surface area contributed by atoms with Crippen LogP contribution in [-0.4, -0.2) is 38.2 Å². The van der Waals surface area contributed by atoms with Crippen molar-refractivity contribution >= 4 is 17.5 Å². The predicted octanol–water partition coefficient (Wildman–Crippen LogP) is 0.846. The molecule has 3 N–H and O–H groups in total. The van der Waals surface area contributed by atoms with Crippen molar-refractivity contribution in [2.75, 3.05) is 25.6 Å². The Hall–Kier alpha value is -2.54. The normalized spacial score (nSPS) is 11.2. The molecule has 0 radical (unpaired) electrons. The molecule has 1 aromatic rings. The van der Waals surface area contributed by atoms with Gasteiger partial charge in [0, 0.05) is 5.69 Å². The molecule has 1 atom stereocenters. The first kappa shape index (κ1) is 17.5. The van der Waals surface area contributed by atoms with E-state index in [-0.39, 0.29) is 19.1 Å². The van der Waals surface area contributed by atoms with Gasteiger partial charge in [0.2, 0.25) is 0 Å². The molecule has 0 aliphatic rings. The van der Waals surface area contributed by atoms with Crippen molar-refractivity contribution in [3.63, 3.8) is 0 Å². The molecule has 0 aliphatic carbocycles. The second-order valence-corrected chi connectivity index (χ2v) is 4.38. The number of carbonyl (C=O) groups excluding carboxylic acids is 2. The van der Waals surface area contributed by atoms with Gasteiger partial charge in [-0.3, -0.25) is 20.4 Å². The van der Waals surface area contributed by atoms with Crippen LogP contribution in [0.5, 0.6) is 5.75 Å². The molecule has 0 fully saturated rings. The Morgan fingerprint density at radius 1 is 1.27 bits per heavy atom. The third kappa shape index (κ3) is 6.27. The third-order valence-corrected chi connectivity index (χ3v) is 2.70. The number of ether oxygens (including phenoxy) is 2. The van der Waals surface area contributed by atoms with Crippen LogP contribution in [-0.2, 0) is 14.3 Å². The summed E-state index contributed by atoms with van der Waals surface area (Å²) >= 11 is 0. The first-order chi connectivity index (χ1) is 10.6. The van der Waals surface area contributed by atoms with Gasteiger partial charge < -0.3 is 14.8 Å². The molecule has 0 spiro atoms. The molecule has 7 nitrogen and oxygen atoms in total. The Morgan fingerprint density at radius 2 is 1.95 bits per heavy atom. The number of benzene rings is 1. The Morgan fingerprint density at radius 3 is 2.55 bits per heavy atom.